The Bertz CT molecular complexity index is 134. The van der Waals surface area contributed by atoms with Gasteiger partial charge in [0.2, 0.25) is 0 Å². The van der Waals surface area contributed by atoms with Crippen LogP contribution in [0.3, 0.4) is 0 Å². The van der Waals surface area contributed by atoms with E-state index >= 15 is 0 Å². The number of carbonyl (C=O) groups excluding carboxylic acids is 1. The lowest BCUT2D eigenvalue weighted by Gasteiger charge is -1.86. The summed E-state index contributed by atoms with van der Waals surface area (Å²) < 4.78 is 0. The SMILES string of the molecule is CC.CC1=C(C=O)CCC1. The molecule has 10 heavy (non-hydrogen) atoms. The fraction of sp³-hybridized carbons (Fsp3) is 0.667. The summed E-state index contributed by atoms with van der Waals surface area (Å²) in [5.74, 6) is 0. The van der Waals surface area contributed by atoms with Crippen LogP contribution >= 0.6 is 0 Å². The molecule has 0 heterocycles. The Morgan fingerprint density at radius 2 is 1.90 bits per heavy atom. The molecule has 0 atom stereocenters. The summed E-state index contributed by atoms with van der Waals surface area (Å²) in [4.78, 5) is 10.2. The van der Waals surface area contributed by atoms with Crippen LogP contribution in [0.2, 0.25) is 0 Å². The van der Waals surface area contributed by atoms with E-state index in [9.17, 15) is 4.79 Å². The highest BCUT2D eigenvalue weighted by Crippen LogP contribution is 2.22. The monoisotopic (exact) mass is 140 g/mol. The highest BCUT2D eigenvalue weighted by Gasteiger charge is 2.07. The van der Waals surface area contributed by atoms with E-state index in [0.717, 1.165) is 24.7 Å². The molecule has 0 radical (unpaired) electrons. The van der Waals surface area contributed by atoms with Crippen molar-refractivity contribution in [3.05, 3.63) is 11.1 Å². The Balaban J connectivity index is 0.000000371. The molecule has 1 heteroatoms. The van der Waals surface area contributed by atoms with Crippen molar-refractivity contribution in [2.75, 3.05) is 0 Å². The lowest BCUT2D eigenvalue weighted by molar-refractivity contribution is -0.105. The molecule has 1 aliphatic rings. The Labute approximate surface area is 63.1 Å². The van der Waals surface area contributed by atoms with Crippen molar-refractivity contribution in [1.82, 2.24) is 0 Å². The summed E-state index contributed by atoms with van der Waals surface area (Å²) in [6.45, 7) is 6.04. The normalized spacial score (nSPS) is 16.3. The van der Waals surface area contributed by atoms with Gasteiger partial charge in [-0.2, -0.15) is 0 Å². The average Bonchev–Trinajstić information content (AvgIpc) is 2.39. The van der Waals surface area contributed by atoms with Gasteiger partial charge in [-0.15, -0.1) is 0 Å². The molecule has 0 amide bonds. The largest absolute Gasteiger partial charge is 0.298 e. The Morgan fingerprint density at radius 3 is 2.10 bits per heavy atom. The van der Waals surface area contributed by atoms with Gasteiger partial charge in [0, 0.05) is 0 Å². The van der Waals surface area contributed by atoms with Crippen molar-refractivity contribution in [3.8, 4) is 0 Å². The second kappa shape index (κ2) is 5.21. The minimum Gasteiger partial charge on any atom is -0.298 e. The second-order valence-corrected chi connectivity index (χ2v) is 2.28. The molecule has 1 aliphatic carbocycles. The molecule has 58 valence electrons. The summed E-state index contributed by atoms with van der Waals surface area (Å²) in [7, 11) is 0. The summed E-state index contributed by atoms with van der Waals surface area (Å²) in [5, 5.41) is 0. The zero-order chi connectivity index (χ0) is 7.98. The molecule has 0 spiro atoms. The molecule has 0 fully saturated rings. The number of hydrogen-bond donors (Lipinski definition) is 0. The van der Waals surface area contributed by atoms with Gasteiger partial charge in [-0.05, 0) is 31.8 Å². The van der Waals surface area contributed by atoms with Gasteiger partial charge in [0.05, 0.1) is 0 Å². The van der Waals surface area contributed by atoms with Crippen LogP contribution in [0.1, 0.15) is 40.0 Å². The zero-order valence-electron chi connectivity index (χ0n) is 7.11. The van der Waals surface area contributed by atoms with Gasteiger partial charge in [0.25, 0.3) is 0 Å². The van der Waals surface area contributed by atoms with Crippen molar-refractivity contribution in [3.63, 3.8) is 0 Å². The highest BCUT2D eigenvalue weighted by molar-refractivity contribution is 5.75. The minimum absolute atomic E-state index is 0.988. The van der Waals surface area contributed by atoms with Gasteiger partial charge in [0.15, 0.2) is 0 Å². The Hall–Kier alpha value is -0.590. The molecule has 0 aromatic heterocycles. The Kier molecular flexibility index (Phi) is 4.91. The van der Waals surface area contributed by atoms with Gasteiger partial charge >= 0.3 is 0 Å². The first kappa shape index (κ1) is 9.41. The van der Waals surface area contributed by atoms with Crippen molar-refractivity contribution >= 4 is 6.29 Å². The topological polar surface area (TPSA) is 17.1 Å². The number of aldehydes is 1. The third kappa shape index (κ3) is 2.34. The number of allylic oxidation sites excluding steroid dienone is 2. The van der Waals surface area contributed by atoms with Crippen molar-refractivity contribution in [1.29, 1.82) is 0 Å². The first-order chi connectivity index (χ1) is 4.84. The molecule has 1 nitrogen and oxygen atoms in total. The van der Waals surface area contributed by atoms with Crippen LogP contribution in [0, 0.1) is 0 Å². The van der Waals surface area contributed by atoms with E-state index in [-0.39, 0.29) is 0 Å². The third-order valence-electron chi connectivity index (χ3n) is 1.69. The van der Waals surface area contributed by atoms with E-state index in [4.69, 9.17) is 0 Å². The van der Waals surface area contributed by atoms with E-state index < -0.39 is 0 Å². The van der Waals surface area contributed by atoms with E-state index in [1.54, 1.807) is 0 Å². The van der Waals surface area contributed by atoms with Crippen LogP contribution in [-0.4, -0.2) is 6.29 Å². The molecule has 1 rings (SSSR count). The zero-order valence-corrected chi connectivity index (χ0v) is 7.11. The first-order valence-corrected chi connectivity index (χ1v) is 3.98. The number of carbonyl (C=O) groups is 1. The summed E-state index contributed by atoms with van der Waals surface area (Å²) in [6, 6.07) is 0. The first-order valence-electron chi connectivity index (χ1n) is 3.98. The lowest BCUT2D eigenvalue weighted by atomic mass is 10.2. The van der Waals surface area contributed by atoms with Crippen LogP contribution in [0.25, 0.3) is 0 Å². The molecular weight excluding hydrogens is 124 g/mol. The molecule has 0 aliphatic heterocycles. The molecule has 0 N–H and O–H groups in total. The van der Waals surface area contributed by atoms with E-state index in [2.05, 4.69) is 0 Å². The quantitative estimate of drug-likeness (QED) is 0.512. The standard InChI is InChI=1S/C7H10O.C2H6/c1-6-3-2-4-7(6)5-8;1-2/h5H,2-4H2,1H3;1-2H3. The predicted molar refractivity (Wildman–Crippen MR) is 44.0 cm³/mol. The fourth-order valence-electron chi connectivity index (χ4n) is 1.08. The highest BCUT2D eigenvalue weighted by atomic mass is 16.1. The molecule has 0 aromatic rings. The van der Waals surface area contributed by atoms with Gasteiger partial charge in [-0.25, -0.2) is 0 Å². The van der Waals surface area contributed by atoms with Gasteiger partial charge < -0.3 is 0 Å². The van der Waals surface area contributed by atoms with Crippen LogP contribution in [0.15, 0.2) is 11.1 Å². The van der Waals surface area contributed by atoms with Gasteiger partial charge in [-0.3, -0.25) is 4.79 Å². The van der Waals surface area contributed by atoms with E-state index in [1.807, 2.05) is 20.8 Å². The maximum Gasteiger partial charge on any atom is 0.145 e. The van der Waals surface area contributed by atoms with Crippen molar-refractivity contribution < 1.29 is 4.79 Å². The summed E-state index contributed by atoms with van der Waals surface area (Å²) >= 11 is 0. The van der Waals surface area contributed by atoms with Crippen LogP contribution in [0.4, 0.5) is 0 Å². The lowest BCUT2D eigenvalue weighted by Crippen LogP contribution is -1.78. The Morgan fingerprint density at radius 1 is 1.30 bits per heavy atom. The smallest absolute Gasteiger partial charge is 0.145 e. The summed E-state index contributed by atoms with van der Waals surface area (Å²) in [5.41, 5.74) is 2.32. The van der Waals surface area contributed by atoms with Crippen molar-refractivity contribution in [2.24, 2.45) is 0 Å². The maximum absolute atomic E-state index is 10.2. The summed E-state index contributed by atoms with van der Waals surface area (Å²) in [6.07, 6.45) is 4.31. The predicted octanol–water partition coefficient (Wildman–Crippen LogP) is 2.71. The molecule has 0 aromatic carbocycles. The third-order valence-corrected chi connectivity index (χ3v) is 1.69. The maximum atomic E-state index is 10.2. The number of rotatable bonds is 1. The van der Waals surface area contributed by atoms with Gasteiger partial charge in [-0.1, -0.05) is 19.4 Å². The fourth-order valence-corrected chi connectivity index (χ4v) is 1.08. The van der Waals surface area contributed by atoms with Crippen molar-refractivity contribution in [2.45, 2.75) is 40.0 Å². The minimum atomic E-state index is 0.988. The van der Waals surface area contributed by atoms with Gasteiger partial charge in [0.1, 0.15) is 6.29 Å². The van der Waals surface area contributed by atoms with Crippen LogP contribution in [0.5, 0.6) is 0 Å². The molecule has 0 bridgehead atoms. The van der Waals surface area contributed by atoms with Crippen LogP contribution < -0.4 is 0 Å². The molecule has 0 saturated carbocycles. The van der Waals surface area contributed by atoms with Crippen LogP contribution in [-0.2, 0) is 4.79 Å². The molecule has 0 unspecified atom stereocenters. The average molecular weight is 140 g/mol. The number of hydrogen-bond acceptors (Lipinski definition) is 1. The van der Waals surface area contributed by atoms with E-state index in [0.29, 0.717) is 0 Å². The van der Waals surface area contributed by atoms with E-state index in [1.165, 1.54) is 12.0 Å². The molecular formula is C9H16O. The second-order valence-electron chi connectivity index (χ2n) is 2.28. The molecule has 0 saturated heterocycles.